The molecule has 0 atom stereocenters. The maximum atomic E-state index is 13.5. The van der Waals surface area contributed by atoms with Crippen LogP contribution in [0.25, 0.3) is 11.1 Å². The summed E-state index contributed by atoms with van der Waals surface area (Å²) in [6.45, 7) is -1.62. The number of nitrogens with zero attached hydrogens (tertiary/aromatic N) is 2. The summed E-state index contributed by atoms with van der Waals surface area (Å²) < 4.78 is 88.1. The van der Waals surface area contributed by atoms with E-state index >= 15 is 0 Å². The van der Waals surface area contributed by atoms with Crippen LogP contribution in [0.4, 0.5) is 37.7 Å². The predicted octanol–water partition coefficient (Wildman–Crippen LogP) is 6.32. The van der Waals surface area contributed by atoms with Crippen molar-refractivity contribution in [3.05, 3.63) is 71.5 Å². The molecule has 0 saturated carbocycles. The van der Waals surface area contributed by atoms with Crippen LogP contribution >= 0.6 is 0 Å². The Hall–Kier alpha value is -3.93. The Morgan fingerprint density at radius 1 is 0.973 bits per heavy atom. The van der Waals surface area contributed by atoms with Crippen molar-refractivity contribution in [1.82, 2.24) is 4.98 Å². The molecule has 12 heteroatoms. The number of pyridine rings is 1. The van der Waals surface area contributed by atoms with Gasteiger partial charge in [-0.15, -0.1) is 0 Å². The van der Waals surface area contributed by atoms with E-state index in [-0.39, 0.29) is 23.5 Å². The van der Waals surface area contributed by atoms with E-state index in [1.165, 1.54) is 0 Å². The van der Waals surface area contributed by atoms with Crippen LogP contribution in [0.3, 0.4) is 0 Å². The van der Waals surface area contributed by atoms with Crippen LogP contribution in [0.15, 0.2) is 59.7 Å². The normalized spacial score (nSPS) is 13.9. The average molecular weight is 523 g/mol. The molecular formula is C25H19F6N3O3. The number of anilines is 1. The van der Waals surface area contributed by atoms with Gasteiger partial charge in [-0.3, -0.25) is 9.78 Å². The number of nitrogens with one attached hydrogen (secondary N) is 1. The summed E-state index contributed by atoms with van der Waals surface area (Å²) in [5.41, 5.74) is 1.06. The topological polar surface area (TPSA) is 72.8 Å². The van der Waals surface area contributed by atoms with Gasteiger partial charge < -0.3 is 14.8 Å². The van der Waals surface area contributed by atoms with Crippen LogP contribution in [0.5, 0.6) is 5.75 Å². The van der Waals surface area contributed by atoms with Gasteiger partial charge in [-0.05, 0) is 41.0 Å². The minimum absolute atomic E-state index is 0.164. The SMILES string of the molecule is COCc1cc(-c2cccc(C3=Nc4cc(OCC(F)(F)F)c(C(F)(F)F)cc4NC(=O)C3)c2)ccn1. The van der Waals surface area contributed by atoms with Gasteiger partial charge in [-0.1, -0.05) is 18.2 Å². The van der Waals surface area contributed by atoms with E-state index < -0.39 is 36.2 Å². The van der Waals surface area contributed by atoms with Gasteiger partial charge in [-0.25, -0.2) is 4.99 Å². The Bertz CT molecular complexity index is 1350. The third kappa shape index (κ3) is 6.45. The summed E-state index contributed by atoms with van der Waals surface area (Å²) in [5, 5.41) is 2.35. The highest BCUT2D eigenvalue weighted by Gasteiger charge is 2.38. The summed E-state index contributed by atoms with van der Waals surface area (Å²) in [4.78, 5) is 21.1. The molecule has 1 aromatic heterocycles. The molecule has 1 aliphatic heterocycles. The molecule has 0 spiro atoms. The van der Waals surface area contributed by atoms with Crippen molar-refractivity contribution >= 4 is 23.0 Å². The zero-order chi connectivity index (χ0) is 26.8. The smallest absolute Gasteiger partial charge is 0.422 e. The number of rotatable bonds is 6. The number of carbonyl (C=O) groups excluding carboxylic acids is 1. The Labute approximate surface area is 207 Å². The summed E-state index contributed by atoms with van der Waals surface area (Å²) in [7, 11) is 1.54. The first-order valence-electron chi connectivity index (χ1n) is 10.8. The van der Waals surface area contributed by atoms with Crippen molar-refractivity contribution < 1.29 is 40.6 Å². The predicted molar refractivity (Wildman–Crippen MR) is 123 cm³/mol. The molecule has 0 bridgehead atoms. The largest absolute Gasteiger partial charge is 0.483 e. The highest BCUT2D eigenvalue weighted by Crippen LogP contribution is 2.43. The molecule has 2 heterocycles. The van der Waals surface area contributed by atoms with Crippen LogP contribution in [-0.4, -0.2) is 36.5 Å². The van der Waals surface area contributed by atoms with E-state index in [2.05, 4.69) is 20.0 Å². The zero-order valence-electron chi connectivity index (χ0n) is 19.2. The molecule has 37 heavy (non-hydrogen) atoms. The Kier molecular flexibility index (Phi) is 7.21. The second-order valence-corrected chi connectivity index (χ2v) is 8.10. The molecule has 0 radical (unpaired) electrons. The van der Waals surface area contributed by atoms with Gasteiger partial charge >= 0.3 is 12.4 Å². The maximum Gasteiger partial charge on any atom is 0.422 e. The standard InChI is InChI=1S/C25H19F6N3O3/c1-36-12-17-8-15(5-6-32-17)14-3-2-4-16(7-14)19-11-23(35)34-20-9-18(25(29,30)31)22(10-21(20)33-19)37-13-24(26,27)28/h2-10H,11-13H2,1H3,(H,34,35). The van der Waals surface area contributed by atoms with Gasteiger partial charge in [0.1, 0.15) is 5.75 Å². The molecule has 0 fully saturated rings. The van der Waals surface area contributed by atoms with Crippen LogP contribution in [0, 0.1) is 0 Å². The number of alkyl halides is 6. The van der Waals surface area contributed by atoms with Crippen LogP contribution in [-0.2, 0) is 22.3 Å². The van der Waals surface area contributed by atoms with Crippen LogP contribution in [0.1, 0.15) is 23.2 Å². The van der Waals surface area contributed by atoms with E-state index in [1.54, 1.807) is 37.6 Å². The number of carbonyl (C=O) groups is 1. The summed E-state index contributed by atoms with van der Waals surface area (Å²) in [6, 6.07) is 11.8. The number of hydrogen-bond acceptors (Lipinski definition) is 5. The fourth-order valence-corrected chi connectivity index (χ4v) is 3.72. The van der Waals surface area contributed by atoms with Gasteiger partial charge in [0.15, 0.2) is 6.61 Å². The first kappa shape index (κ1) is 26.1. The minimum atomic E-state index is -5.03. The third-order valence-electron chi connectivity index (χ3n) is 5.29. The molecule has 194 valence electrons. The minimum Gasteiger partial charge on any atom is -0.483 e. The van der Waals surface area contributed by atoms with Gasteiger partial charge in [0, 0.05) is 19.4 Å². The van der Waals surface area contributed by atoms with Crippen molar-refractivity contribution in [2.24, 2.45) is 4.99 Å². The molecule has 0 saturated heterocycles. The first-order chi connectivity index (χ1) is 17.4. The average Bonchev–Trinajstić information content (AvgIpc) is 2.99. The van der Waals surface area contributed by atoms with Crippen molar-refractivity contribution in [1.29, 1.82) is 0 Å². The number of aliphatic imine (C=N–C) groups is 1. The lowest BCUT2D eigenvalue weighted by atomic mass is 9.99. The fraction of sp³-hybridized carbons (Fsp3) is 0.240. The van der Waals surface area contributed by atoms with Crippen LogP contribution in [0.2, 0.25) is 0 Å². The Balaban J connectivity index is 1.77. The molecule has 4 rings (SSSR count). The number of methoxy groups -OCH3 is 1. The second-order valence-electron chi connectivity index (χ2n) is 8.10. The van der Waals surface area contributed by atoms with Gasteiger partial charge in [0.25, 0.3) is 0 Å². The van der Waals surface area contributed by atoms with Gasteiger partial charge in [0.2, 0.25) is 5.91 Å². The number of ether oxygens (including phenoxy) is 2. The number of hydrogen-bond donors (Lipinski definition) is 1. The first-order valence-corrected chi connectivity index (χ1v) is 10.8. The van der Waals surface area contributed by atoms with Crippen molar-refractivity contribution in [3.63, 3.8) is 0 Å². The number of amides is 1. The highest BCUT2D eigenvalue weighted by atomic mass is 19.4. The van der Waals surface area contributed by atoms with Crippen molar-refractivity contribution in [2.75, 3.05) is 19.0 Å². The number of aromatic nitrogens is 1. The molecule has 2 aromatic carbocycles. The summed E-state index contributed by atoms with van der Waals surface area (Å²) >= 11 is 0. The zero-order valence-corrected chi connectivity index (χ0v) is 19.2. The lowest BCUT2D eigenvalue weighted by Crippen LogP contribution is -2.21. The number of fused-ring (bicyclic) bond motifs is 1. The second kappa shape index (κ2) is 10.2. The number of benzene rings is 2. The molecule has 1 aliphatic rings. The maximum absolute atomic E-state index is 13.5. The van der Waals surface area contributed by atoms with Gasteiger partial charge in [-0.2, -0.15) is 26.3 Å². The third-order valence-corrected chi connectivity index (χ3v) is 5.29. The van der Waals surface area contributed by atoms with Crippen molar-refractivity contribution in [3.8, 4) is 16.9 Å². The van der Waals surface area contributed by atoms with Crippen molar-refractivity contribution in [2.45, 2.75) is 25.4 Å². The Morgan fingerprint density at radius 2 is 1.70 bits per heavy atom. The van der Waals surface area contributed by atoms with E-state index in [0.29, 0.717) is 23.9 Å². The van der Waals surface area contributed by atoms with Crippen LogP contribution < -0.4 is 10.1 Å². The lowest BCUT2D eigenvalue weighted by Gasteiger charge is -2.17. The van der Waals surface area contributed by atoms with E-state index in [0.717, 1.165) is 17.2 Å². The molecule has 1 N–H and O–H groups in total. The van der Waals surface area contributed by atoms with E-state index in [9.17, 15) is 31.1 Å². The molecular weight excluding hydrogens is 504 g/mol. The van der Waals surface area contributed by atoms with E-state index in [1.807, 2.05) is 12.1 Å². The highest BCUT2D eigenvalue weighted by molar-refractivity contribution is 6.17. The molecule has 1 amide bonds. The quantitative estimate of drug-likeness (QED) is 0.384. The molecule has 0 unspecified atom stereocenters. The molecule has 6 nitrogen and oxygen atoms in total. The Morgan fingerprint density at radius 3 is 2.41 bits per heavy atom. The lowest BCUT2D eigenvalue weighted by molar-refractivity contribution is -0.158. The van der Waals surface area contributed by atoms with Gasteiger partial charge in [0.05, 0.1) is 41.4 Å². The monoisotopic (exact) mass is 523 g/mol. The number of halogens is 6. The summed E-state index contributed by atoms with van der Waals surface area (Å²) in [5.74, 6) is -1.68. The fourth-order valence-electron chi connectivity index (χ4n) is 3.72. The van der Waals surface area contributed by atoms with E-state index in [4.69, 9.17) is 4.74 Å². The summed E-state index contributed by atoms with van der Waals surface area (Å²) in [6.07, 6.45) is -8.54. The molecule has 3 aromatic rings. The molecule has 0 aliphatic carbocycles.